The molecule has 100 valence electrons. The van der Waals surface area contributed by atoms with Crippen LogP contribution in [0.5, 0.6) is 0 Å². The predicted molar refractivity (Wildman–Crippen MR) is 75.0 cm³/mol. The van der Waals surface area contributed by atoms with Crippen molar-refractivity contribution in [3.05, 3.63) is 47.9 Å². The van der Waals surface area contributed by atoms with Gasteiger partial charge in [0.25, 0.3) is 5.91 Å². The standard InChI is InChI=1S/C14H17N3O2/c1-9(13-4-3-7-19-13)17-12-8-10(15)5-6-11(12)14(18)16-2/h3-9,17H,15H2,1-2H3,(H,16,18). The highest BCUT2D eigenvalue weighted by atomic mass is 16.3. The number of carbonyl (C=O) groups excluding carboxylic acids is 1. The van der Waals surface area contributed by atoms with Gasteiger partial charge in [-0.3, -0.25) is 4.79 Å². The van der Waals surface area contributed by atoms with Crippen molar-refractivity contribution in [2.45, 2.75) is 13.0 Å². The van der Waals surface area contributed by atoms with Crippen molar-refractivity contribution in [2.75, 3.05) is 18.1 Å². The fourth-order valence-corrected chi connectivity index (χ4v) is 1.86. The zero-order chi connectivity index (χ0) is 13.8. The molecule has 0 saturated carbocycles. The van der Waals surface area contributed by atoms with Gasteiger partial charge >= 0.3 is 0 Å². The number of hydrogen-bond donors (Lipinski definition) is 3. The first-order chi connectivity index (χ1) is 9.11. The predicted octanol–water partition coefficient (Wildman–Crippen LogP) is 2.39. The molecule has 0 fully saturated rings. The zero-order valence-corrected chi connectivity index (χ0v) is 10.9. The molecule has 4 N–H and O–H groups in total. The van der Waals surface area contributed by atoms with Gasteiger partial charge in [0.15, 0.2) is 0 Å². The lowest BCUT2D eigenvalue weighted by atomic mass is 10.1. The highest BCUT2D eigenvalue weighted by Gasteiger charge is 2.14. The summed E-state index contributed by atoms with van der Waals surface area (Å²) in [5.41, 5.74) is 7.60. The van der Waals surface area contributed by atoms with Gasteiger partial charge in [-0.15, -0.1) is 0 Å². The van der Waals surface area contributed by atoms with Crippen molar-refractivity contribution in [3.63, 3.8) is 0 Å². The SMILES string of the molecule is CNC(=O)c1ccc(N)cc1NC(C)c1ccco1. The van der Waals surface area contributed by atoms with E-state index in [2.05, 4.69) is 10.6 Å². The summed E-state index contributed by atoms with van der Waals surface area (Å²) in [6.45, 7) is 1.95. The van der Waals surface area contributed by atoms with E-state index in [9.17, 15) is 4.79 Å². The van der Waals surface area contributed by atoms with Crippen LogP contribution in [0.2, 0.25) is 0 Å². The normalized spacial score (nSPS) is 11.9. The fourth-order valence-electron chi connectivity index (χ4n) is 1.86. The lowest BCUT2D eigenvalue weighted by Crippen LogP contribution is -2.20. The van der Waals surface area contributed by atoms with E-state index in [1.807, 2.05) is 19.1 Å². The van der Waals surface area contributed by atoms with Crippen LogP contribution in [0.1, 0.15) is 29.1 Å². The van der Waals surface area contributed by atoms with E-state index in [1.54, 1.807) is 31.5 Å². The molecular weight excluding hydrogens is 242 g/mol. The minimum atomic E-state index is -0.158. The van der Waals surface area contributed by atoms with Crippen molar-refractivity contribution < 1.29 is 9.21 Å². The van der Waals surface area contributed by atoms with Crippen LogP contribution in [0.3, 0.4) is 0 Å². The molecule has 19 heavy (non-hydrogen) atoms. The summed E-state index contributed by atoms with van der Waals surface area (Å²) in [7, 11) is 1.60. The smallest absolute Gasteiger partial charge is 0.253 e. The molecule has 1 heterocycles. The van der Waals surface area contributed by atoms with Gasteiger partial charge in [-0.25, -0.2) is 0 Å². The number of anilines is 2. The fraction of sp³-hybridized carbons (Fsp3) is 0.214. The topological polar surface area (TPSA) is 80.3 Å². The maximum Gasteiger partial charge on any atom is 0.253 e. The number of amides is 1. The highest BCUT2D eigenvalue weighted by molar-refractivity contribution is 6.00. The van der Waals surface area contributed by atoms with E-state index in [1.165, 1.54) is 0 Å². The van der Waals surface area contributed by atoms with Crippen LogP contribution in [0.25, 0.3) is 0 Å². The van der Waals surface area contributed by atoms with Crippen molar-refractivity contribution in [2.24, 2.45) is 0 Å². The van der Waals surface area contributed by atoms with E-state index in [0.717, 1.165) is 5.76 Å². The third-order valence-corrected chi connectivity index (χ3v) is 2.86. The Hall–Kier alpha value is -2.43. The number of furan rings is 1. The molecule has 0 aliphatic rings. The molecule has 2 aromatic rings. The maximum atomic E-state index is 11.8. The molecule has 1 atom stereocenters. The number of benzene rings is 1. The number of rotatable bonds is 4. The largest absolute Gasteiger partial charge is 0.467 e. The quantitative estimate of drug-likeness (QED) is 0.736. The molecule has 0 radical (unpaired) electrons. The number of hydrogen-bond acceptors (Lipinski definition) is 4. The van der Waals surface area contributed by atoms with Crippen molar-refractivity contribution in [3.8, 4) is 0 Å². The van der Waals surface area contributed by atoms with Crippen LogP contribution in [-0.4, -0.2) is 13.0 Å². The molecular formula is C14H17N3O2. The molecule has 0 aliphatic carbocycles. The van der Waals surface area contributed by atoms with Gasteiger partial charge < -0.3 is 20.8 Å². The lowest BCUT2D eigenvalue weighted by Gasteiger charge is -2.16. The maximum absolute atomic E-state index is 11.8. The summed E-state index contributed by atoms with van der Waals surface area (Å²) in [6.07, 6.45) is 1.62. The molecule has 1 aromatic heterocycles. The average Bonchev–Trinajstić information content (AvgIpc) is 2.92. The minimum absolute atomic E-state index is 0.0554. The number of carbonyl (C=O) groups is 1. The van der Waals surface area contributed by atoms with Crippen molar-refractivity contribution in [1.82, 2.24) is 5.32 Å². The van der Waals surface area contributed by atoms with Crippen LogP contribution in [0.4, 0.5) is 11.4 Å². The van der Waals surface area contributed by atoms with E-state index in [-0.39, 0.29) is 11.9 Å². The van der Waals surface area contributed by atoms with E-state index in [4.69, 9.17) is 10.2 Å². The van der Waals surface area contributed by atoms with Gasteiger partial charge in [0.05, 0.1) is 17.9 Å². The second-order valence-corrected chi connectivity index (χ2v) is 4.27. The van der Waals surface area contributed by atoms with E-state index in [0.29, 0.717) is 16.9 Å². The Morgan fingerprint density at radius 3 is 2.79 bits per heavy atom. The zero-order valence-electron chi connectivity index (χ0n) is 10.9. The monoisotopic (exact) mass is 259 g/mol. The summed E-state index contributed by atoms with van der Waals surface area (Å²) < 4.78 is 5.33. The summed E-state index contributed by atoms with van der Waals surface area (Å²) in [5, 5.41) is 5.84. The molecule has 0 spiro atoms. The van der Waals surface area contributed by atoms with Gasteiger partial charge in [-0.1, -0.05) is 0 Å². The molecule has 5 nitrogen and oxygen atoms in total. The van der Waals surface area contributed by atoms with Gasteiger partial charge in [0.1, 0.15) is 5.76 Å². The Bertz CT molecular complexity index is 564. The van der Waals surface area contributed by atoms with Crippen LogP contribution in [-0.2, 0) is 0 Å². The molecule has 0 saturated heterocycles. The van der Waals surface area contributed by atoms with Crippen LogP contribution < -0.4 is 16.4 Å². The number of nitrogens with one attached hydrogen (secondary N) is 2. The number of nitrogen functional groups attached to an aromatic ring is 1. The van der Waals surface area contributed by atoms with Crippen LogP contribution in [0, 0.1) is 0 Å². The molecule has 1 aromatic carbocycles. The van der Waals surface area contributed by atoms with E-state index < -0.39 is 0 Å². The Labute approximate surface area is 111 Å². The van der Waals surface area contributed by atoms with Crippen LogP contribution >= 0.6 is 0 Å². The summed E-state index contributed by atoms with van der Waals surface area (Å²) >= 11 is 0. The first-order valence-corrected chi connectivity index (χ1v) is 6.03. The molecule has 1 unspecified atom stereocenters. The van der Waals surface area contributed by atoms with Gasteiger partial charge in [0, 0.05) is 18.4 Å². The van der Waals surface area contributed by atoms with Crippen molar-refractivity contribution in [1.29, 1.82) is 0 Å². The first kappa shape index (κ1) is 13.0. The number of nitrogens with two attached hydrogens (primary N) is 1. The Kier molecular flexibility index (Phi) is 3.75. The molecule has 5 heteroatoms. The molecule has 0 aliphatic heterocycles. The van der Waals surface area contributed by atoms with Gasteiger partial charge in [-0.05, 0) is 37.3 Å². The molecule has 2 rings (SSSR count). The van der Waals surface area contributed by atoms with Crippen molar-refractivity contribution >= 4 is 17.3 Å². The second-order valence-electron chi connectivity index (χ2n) is 4.27. The third kappa shape index (κ3) is 2.88. The molecule has 0 bridgehead atoms. The minimum Gasteiger partial charge on any atom is -0.467 e. The first-order valence-electron chi connectivity index (χ1n) is 6.03. The van der Waals surface area contributed by atoms with Gasteiger partial charge in [-0.2, -0.15) is 0 Å². The highest BCUT2D eigenvalue weighted by Crippen LogP contribution is 2.24. The molecule has 1 amide bonds. The summed E-state index contributed by atoms with van der Waals surface area (Å²) in [5.74, 6) is 0.638. The summed E-state index contributed by atoms with van der Waals surface area (Å²) in [4.78, 5) is 11.8. The Morgan fingerprint density at radius 2 is 2.16 bits per heavy atom. The third-order valence-electron chi connectivity index (χ3n) is 2.86. The average molecular weight is 259 g/mol. The Balaban J connectivity index is 2.28. The summed E-state index contributed by atoms with van der Waals surface area (Å²) in [6, 6.07) is 8.79. The van der Waals surface area contributed by atoms with E-state index >= 15 is 0 Å². The van der Waals surface area contributed by atoms with Crippen LogP contribution in [0.15, 0.2) is 41.0 Å². The second kappa shape index (κ2) is 5.48. The van der Waals surface area contributed by atoms with Gasteiger partial charge in [0.2, 0.25) is 0 Å². The lowest BCUT2D eigenvalue weighted by molar-refractivity contribution is 0.0964. The Morgan fingerprint density at radius 1 is 1.37 bits per heavy atom.